The van der Waals surface area contributed by atoms with Crippen molar-refractivity contribution in [3.8, 4) is 0 Å². The van der Waals surface area contributed by atoms with E-state index in [-0.39, 0.29) is 11.9 Å². The van der Waals surface area contributed by atoms with Crippen LogP contribution in [0.4, 0.5) is 10.8 Å². The maximum atomic E-state index is 12.7. The molecule has 4 aliphatic rings. The van der Waals surface area contributed by atoms with E-state index in [1.165, 1.54) is 11.3 Å². The van der Waals surface area contributed by atoms with Gasteiger partial charge in [-0.1, -0.05) is 0 Å². The van der Waals surface area contributed by atoms with Gasteiger partial charge in [0.2, 0.25) is 0 Å². The molecule has 0 aromatic carbocycles. The van der Waals surface area contributed by atoms with Crippen LogP contribution in [0.25, 0.3) is 0 Å². The van der Waals surface area contributed by atoms with Crippen molar-refractivity contribution in [3.63, 3.8) is 0 Å². The number of rotatable bonds is 4. The molecule has 6 rings (SSSR count). The predicted molar refractivity (Wildman–Crippen MR) is 99.4 cm³/mol. The molecule has 4 fully saturated rings. The lowest BCUT2D eigenvalue weighted by atomic mass is 9.52. The Morgan fingerprint density at radius 2 is 2.08 bits per heavy atom. The van der Waals surface area contributed by atoms with Gasteiger partial charge in [0.1, 0.15) is 5.69 Å². The number of aromatic nitrogens is 2. The summed E-state index contributed by atoms with van der Waals surface area (Å²) in [5.74, 6) is 1.34. The highest BCUT2D eigenvalue weighted by Gasteiger charge is 2.55. The molecular formula is C19H22N4O2S. The van der Waals surface area contributed by atoms with Gasteiger partial charge in [0.15, 0.2) is 5.13 Å². The van der Waals surface area contributed by atoms with Crippen LogP contribution in [0.3, 0.4) is 0 Å². The molecule has 4 aliphatic carbocycles. The summed E-state index contributed by atoms with van der Waals surface area (Å²) >= 11 is 1.41. The van der Waals surface area contributed by atoms with Crippen molar-refractivity contribution in [2.75, 3.05) is 5.32 Å². The minimum absolute atomic E-state index is 0.107. The van der Waals surface area contributed by atoms with Crippen LogP contribution < -0.4 is 10.6 Å². The standard InChI is InChI=1S/C19H22N4O2S/c24-17(15-10-26-18(22-15)21-14-2-1-3-20-9-14)23-16-12-4-11-5-13(16)8-19(25,6-11)7-12/h1-3,9-13,16,25H,4-8H2,(H,21,22)(H,23,24). The Labute approximate surface area is 156 Å². The monoisotopic (exact) mass is 370 g/mol. The second-order valence-corrected chi connectivity index (χ2v) is 8.96. The second-order valence-electron chi connectivity index (χ2n) is 8.10. The van der Waals surface area contributed by atoms with Crippen LogP contribution in [-0.4, -0.2) is 32.6 Å². The first-order valence-electron chi connectivity index (χ1n) is 9.24. The Morgan fingerprint density at radius 1 is 1.27 bits per heavy atom. The number of hydrogen-bond acceptors (Lipinski definition) is 6. The van der Waals surface area contributed by atoms with E-state index in [4.69, 9.17) is 0 Å². The van der Waals surface area contributed by atoms with E-state index in [1.807, 2.05) is 12.1 Å². The molecule has 0 aliphatic heterocycles. The van der Waals surface area contributed by atoms with Gasteiger partial charge in [-0.25, -0.2) is 4.98 Å². The fourth-order valence-electron chi connectivity index (χ4n) is 5.44. The van der Waals surface area contributed by atoms with Crippen molar-refractivity contribution in [1.29, 1.82) is 0 Å². The first kappa shape index (κ1) is 16.2. The lowest BCUT2D eigenvalue weighted by molar-refractivity contribution is -0.136. The molecule has 4 saturated carbocycles. The maximum absolute atomic E-state index is 12.7. The highest BCUT2D eigenvalue weighted by molar-refractivity contribution is 7.14. The molecule has 6 nitrogen and oxygen atoms in total. The highest BCUT2D eigenvalue weighted by atomic mass is 32.1. The average Bonchev–Trinajstić information content (AvgIpc) is 3.06. The predicted octanol–water partition coefficient (Wildman–Crippen LogP) is 2.95. The first-order chi connectivity index (χ1) is 12.6. The van der Waals surface area contributed by atoms with E-state index in [0.717, 1.165) is 37.8 Å². The van der Waals surface area contributed by atoms with E-state index in [2.05, 4.69) is 20.6 Å². The molecule has 1 amide bonds. The smallest absolute Gasteiger partial charge is 0.271 e. The third kappa shape index (κ3) is 2.89. The number of anilines is 2. The molecule has 0 spiro atoms. The van der Waals surface area contributed by atoms with Gasteiger partial charge in [-0.3, -0.25) is 9.78 Å². The number of thiazole rings is 1. The van der Waals surface area contributed by atoms with Crippen LogP contribution in [0.5, 0.6) is 0 Å². The molecule has 2 aromatic rings. The lowest BCUT2D eigenvalue weighted by Crippen LogP contribution is -2.61. The number of pyridine rings is 1. The summed E-state index contributed by atoms with van der Waals surface area (Å²) < 4.78 is 0. The maximum Gasteiger partial charge on any atom is 0.271 e. The Balaban J connectivity index is 1.27. The van der Waals surface area contributed by atoms with Crippen LogP contribution in [0, 0.1) is 17.8 Å². The number of hydrogen-bond donors (Lipinski definition) is 3. The molecule has 7 heteroatoms. The second kappa shape index (κ2) is 6.03. The van der Waals surface area contributed by atoms with Gasteiger partial charge < -0.3 is 15.7 Å². The Hall–Kier alpha value is -1.99. The van der Waals surface area contributed by atoms with Crippen LogP contribution in [0.1, 0.15) is 42.6 Å². The van der Waals surface area contributed by atoms with Crippen molar-refractivity contribution < 1.29 is 9.90 Å². The number of amides is 1. The largest absolute Gasteiger partial charge is 0.390 e. The highest BCUT2D eigenvalue weighted by Crippen LogP contribution is 2.55. The molecule has 0 radical (unpaired) electrons. The zero-order valence-electron chi connectivity index (χ0n) is 14.4. The van der Waals surface area contributed by atoms with E-state index >= 15 is 0 Å². The molecule has 2 atom stereocenters. The molecule has 136 valence electrons. The number of nitrogens with zero attached hydrogens (tertiary/aromatic N) is 2. The minimum Gasteiger partial charge on any atom is -0.390 e. The Morgan fingerprint density at radius 3 is 2.77 bits per heavy atom. The molecule has 4 bridgehead atoms. The topological polar surface area (TPSA) is 87.1 Å². The number of carbonyl (C=O) groups excluding carboxylic acids is 1. The van der Waals surface area contributed by atoms with Crippen molar-refractivity contribution in [3.05, 3.63) is 35.6 Å². The normalized spacial score (nSPS) is 34.7. The van der Waals surface area contributed by atoms with Crippen molar-refractivity contribution in [1.82, 2.24) is 15.3 Å². The minimum atomic E-state index is -0.473. The Kier molecular flexibility index (Phi) is 3.76. The molecule has 2 aromatic heterocycles. The third-order valence-electron chi connectivity index (χ3n) is 6.19. The van der Waals surface area contributed by atoms with Gasteiger partial charge in [0, 0.05) is 17.6 Å². The van der Waals surface area contributed by atoms with Gasteiger partial charge in [0.05, 0.1) is 17.5 Å². The van der Waals surface area contributed by atoms with Crippen molar-refractivity contribution in [2.24, 2.45) is 17.8 Å². The summed E-state index contributed by atoms with van der Waals surface area (Å²) in [4.78, 5) is 21.2. The van der Waals surface area contributed by atoms with Crippen LogP contribution in [0.15, 0.2) is 29.9 Å². The fraction of sp³-hybridized carbons (Fsp3) is 0.526. The number of carbonyl (C=O) groups is 1. The fourth-order valence-corrected chi connectivity index (χ4v) is 6.15. The summed E-state index contributed by atoms with van der Waals surface area (Å²) in [5, 5.41) is 19.5. The summed E-state index contributed by atoms with van der Waals surface area (Å²) in [7, 11) is 0. The van der Waals surface area contributed by atoms with Gasteiger partial charge >= 0.3 is 0 Å². The van der Waals surface area contributed by atoms with Gasteiger partial charge in [-0.15, -0.1) is 11.3 Å². The quantitative estimate of drug-likeness (QED) is 0.770. The molecule has 3 N–H and O–H groups in total. The Bertz CT molecular complexity index is 808. The SMILES string of the molecule is O=C(NC1C2CC3CC1CC(O)(C3)C2)c1csc(Nc2cccnc2)n1. The van der Waals surface area contributed by atoms with Gasteiger partial charge in [-0.2, -0.15) is 0 Å². The van der Waals surface area contributed by atoms with E-state index in [1.54, 1.807) is 17.8 Å². The average molecular weight is 370 g/mol. The number of aliphatic hydroxyl groups is 1. The van der Waals surface area contributed by atoms with Crippen LogP contribution in [-0.2, 0) is 0 Å². The summed E-state index contributed by atoms with van der Waals surface area (Å²) in [6, 6.07) is 3.94. The van der Waals surface area contributed by atoms with E-state index in [9.17, 15) is 9.90 Å². The van der Waals surface area contributed by atoms with E-state index < -0.39 is 5.60 Å². The van der Waals surface area contributed by atoms with Crippen LogP contribution in [0.2, 0.25) is 0 Å². The molecule has 26 heavy (non-hydrogen) atoms. The zero-order valence-corrected chi connectivity index (χ0v) is 15.2. The summed E-state index contributed by atoms with van der Waals surface area (Å²) in [6.45, 7) is 0. The summed E-state index contributed by atoms with van der Waals surface area (Å²) in [6.07, 6.45) is 8.32. The number of nitrogens with one attached hydrogen (secondary N) is 2. The van der Waals surface area contributed by atoms with Gasteiger partial charge in [-0.05, 0) is 62.0 Å². The third-order valence-corrected chi connectivity index (χ3v) is 6.95. The van der Waals surface area contributed by atoms with Gasteiger partial charge in [0.25, 0.3) is 5.91 Å². The zero-order chi connectivity index (χ0) is 17.7. The molecule has 0 saturated heterocycles. The first-order valence-corrected chi connectivity index (χ1v) is 10.1. The molecule has 2 heterocycles. The van der Waals surface area contributed by atoms with E-state index in [0.29, 0.717) is 28.6 Å². The molecular weight excluding hydrogens is 348 g/mol. The van der Waals surface area contributed by atoms with Crippen molar-refractivity contribution in [2.45, 2.75) is 43.7 Å². The summed E-state index contributed by atoms with van der Waals surface area (Å²) in [5.41, 5.74) is 0.830. The van der Waals surface area contributed by atoms with Crippen LogP contribution >= 0.6 is 11.3 Å². The van der Waals surface area contributed by atoms with Crippen molar-refractivity contribution >= 4 is 28.1 Å². The molecule has 2 unspecified atom stereocenters. The lowest BCUT2D eigenvalue weighted by Gasteiger charge is -2.58.